The first-order valence-electron chi connectivity index (χ1n) is 9.95. The van der Waals surface area contributed by atoms with Gasteiger partial charge in [-0.1, -0.05) is 6.42 Å². The minimum absolute atomic E-state index is 0.00676. The Hall–Kier alpha value is -1.47. The number of nitrogens with one attached hydrogen (secondary N) is 1. The molecule has 0 bridgehead atoms. The number of amides is 2. The number of likely N-dealkylation sites (tertiary alicyclic amines) is 2. The van der Waals surface area contributed by atoms with E-state index in [9.17, 15) is 9.59 Å². The molecule has 0 unspecified atom stereocenters. The van der Waals surface area contributed by atoms with E-state index in [2.05, 4.69) is 20.6 Å². The number of thiazole rings is 1. The molecule has 0 aromatic carbocycles. The van der Waals surface area contributed by atoms with Crippen LogP contribution in [0.2, 0.25) is 0 Å². The van der Waals surface area contributed by atoms with Crippen molar-refractivity contribution in [3.63, 3.8) is 0 Å². The first-order chi connectivity index (χ1) is 12.7. The predicted molar refractivity (Wildman–Crippen MR) is 102 cm³/mol. The van der Waals surface area contributed by atoms with Crippen molar-refractivity contribution >= 4 is 28.3 Å². The molecule has 2 saturated heterocycles. The molecule has 26 heavy (non-hydrogen) atoms. The summed E-state index contributed by atoms with van der Waals surface area (Å²) in [5.41, 5.74) is 1.05. The van der Waals surface area contributed by atoms with Gasteiger partial charge >= 0.3 is 0 Å². The molecule has 7 heteroatoms. The Morgan fingerprint density at radius 3 is 2.46 bits per heavy atom. The molecule has 0 spiro atoms. The van der Waals surface area contributed by atoms with Crippen molar-refractivity contribution < 1.29 is 9.59 Å². The Morgan fingerprint density at radius 2 is 1.77 bits per heavy atom. The van der Waals surface area contributed by atoms with Gasteiger partial charge in [-0.3, -0.25) is 14.5 Å². The molecule has 1 aromatic heterocycles. The first-order valence-corrected chi connectivity index (χ1v) is 10.8. The minimum atomic E-state index is -0.00676. The molecular weight excluding hydrogens is 348 g/mol. The van der Waals surface area contributed by atoms with Gasteiger partial charge in [0.2, 0.25) is 11.8 Å². The van der Waals surface area contributed by atoms with E-state index in [1.807, 2.05) is 4.90 Å². The van der Waals surface area contributed by atoms with Crippen LogP contribution in [0.1, 0.15) is 50.6 Å². The molecule has 6 nitrogen and oxygen atoms in total. The van der Waals surface area contributed by atoms with Crippen molar-refractivity contribution in [3.05, 3.63) is 11.1 Å². The molecule has 0 radical (unpaired) electrons. The summed E-state index contributed by atoms with van der Waals surface area (Å²) < 4.78 is 0. The minimum Gasteiger partial charge on any atom is -0.342 e. The normalized spacial score (nSPS) is 22.4. The fourth-order valence-corrected chi connectivity index (χ4v) is 4.65. The first kappa shape index (κ1) is 17.9. The number of aromatic nitrogens is 1. The lowest BCUT2D eigenvalue weighted by molar-refractivity contribution is -0.135. The van der Waals surface area contributed by atoms with Crippen LogP contribution < -0.4 is 5.32 Å². The monoisotopic (exact) mass is 376 g/mol. The molecule has 2 amide bonds. The Balaban J connectivity index is 1.24. The summed E-state index contributed by atoms with van der Waals surface area (Å²) in [5.74, 6) is 0.621. The summed E-state index contributed by atoms with van der Waals surface area (Å²) in [6, 6.07) is 0. The number of hydrogen-bond acceptors (Lipinski definition) is 5. The highest BCUT2D eigenvalue weighted by Crippen LogP contribution is 2.32. The molecule has 2 aliphatic heterocycles. The standard InChI is InChI=1S/C19H28N4O2S/c24-17(14-6-10-23(11-7-14)18(25)15-4-5-15)21-19-20-16(13-26-19)12-22-8-2-1-3-9-22/h13-15H,1-12H2,(H,20,21,24). The van der Waals surface area contributed by atoms with E-state index >= 15 is 0 Å². The molecule has 4 rings (SSSR count). The fourth-order valence-electron chi connectivity index (χ4n) is 3.94. The van der Waals surface area contributed by atoms with Crippen LogP contribution in [0.4, 0.5) is 5.13 Å². The van der Waals surface area contributed by atoms with Crippen molar-refractivity contribution in [1.29, 1.82) is 0 Å². The third kappa shape index (κ3) is 4.43. The van der Waals surface area contributed by atoms with Crippen molar-refractivity contribution in [3.8, 4) is 0 Å². The van der Waals surface area contributed by atoms with Gasteiger partial charge in [0, 0.05) is 36.9 Å². The van der Waals surface area contributed by atoms with Gasteiger partial charge in [-0.05, 0) is 51.6 Å². The number of anilines is 1. The van der Waals surface area contributed by atoms with Crippen molar-refractivity contribution in [2.45, 2.75) is 51.5 Å². The Labute approximate surface area is 159 Å². The highest BCUT2D eigenvalue weighted by atomic mass is 32.1. The summed E-state index contributed by atoms with van der Waals surface area (Å²) in [4.78, 5) is 33.6. The van der Waals surface area contributed by atoms with Crippen LogP contribution in [0.25, 0.3) is 0 Å². The second kappa shape index (κ2) is 8.05. The molecule has 1 N–H and O–H groups in total. The maximum atomic E-state index is 12.5. The topological polar surface area (TPSA) is 65.5 Å². The third-order valence-electron chi connectivity index (χ3n) is 5.72. The quantitative estimate of drug-likeness (QED) is 0.858. The van der Waals surface area contributed by atoms with Gasteiger partial charge in [0.1, 0.15) is 0 Å². The summed E-state index contributed by atoms with van der Waals surface area (Å²) in [7, 11) is 0. The highest BCUT2D eigenvalue weighted by Gasteiger charge is 2.36. The zero-order valence-electron chi connectivity index (χ0n) is 15.3. The predicted octanol–water partition coefficient (Wildman–Crippen LogP) is 2.72. The zero-order chi connectivity index (χ0) is 17.9. The second-order valence-corrected chi connectivity index (χ2v) is 8.70. The lowest BCUT2D eigenvalue weighted by atomic mass is 9.95. The molecule has 3 fully saturated rings. The lowest BCUT2D eigenvalue weighted by Crippen LogP contribution is -2.42. The number of piperidine rings is 2. The van der Waals surface area contributed by atoms with Crippen LogP contribution in [-0.4, -0.2) is 52.8 Å². The number of rotatable bonds is 5. The van der Waals surface area contributed by atoms with Gasteiger partial charge in [0.25, 0.3) is 0 Å². The van der Waals surface area contributed by atoms with Crippen molar-refractivity contribution in [2.75, 3.05) is 31.5 Å². The average molecular weight is 377 g/mol. The fraction of sp³-hybridized carbons (Fsp3) is 0.737. The van der Waals surface area contributed by atoms with Crippen LogP contribution in [0.5, 0.6) is 0 Å². The van der Waals surface area contributed by atoms with Crippen molar-refractivity contribution in [2.24, 2.45) is 11.8 Å². The van der Waals surface area contributed by atoms with E-state index in [1.165, 1.54) is 30.6 Å². The zero-order valence-corrected chi connectivity index (χ0v) is 16.1. The summed E-state index contributed by atoms with van der Waals surface area (Å²) >= 11 is 1.51. The summed E-state index contributed by atoms with van der Waals surface area (Å²) in [5, 5.41) is 5.76. The van der Waals surface area contributed by atoms with E-state index in [4.69, 9.17) is 0 Å². The van der Waals surface area contributed by atoms with E-state index in [0.29, 0.717) is 24.1 Å². The van der Waals surface area contributed by atoms with Gasteiger partial charge in [-0.15, -0.1) is 11.3 Å². The highest BCUT2D eigenvalue weighted by molar-refractivity contribution is 7.13. The van der Waals surface area contributed by atoms with Crippen LogP contribution in [0, 0.1) is 11.8 Å². The van der Waals surface area contributed by atoms with Gasteiger partial charge in [0.15, 0.2) is 5.13 Å². The van der Waals surface area contributed by atoms with Crippen LogP contribution in [0.15, 0.2) is 5.38 Å². The van der Waals surface area contributed by atoms with Crippen LogP contribution in [0.3, 0.4) is 0 Å². The molecule has 1 saturated carbocycles. The van der Waals surface area contributed by atoms with Gasteiger partial charge in [-0.25, -0.2) is 4.98 Å². The Morgan fingerprint density at radius 1 is 1.04 bits per heavy atom. The second-order valence-electron chi connectivity index (χ2n) is 7.84. The lowest BCUT2D eigenvalue weighted by Gasteiger charge is -2.31. The van der Waals surface area contributed by atoms with E-state index in [0.717, 1.165) is 51.0 Å². The Bertz CT molecular complexity index is 644. The number of carbonyl (C=O) groups is 2. The number of nitrogens with zero attached hydrogens (tertiary/aromatic N) is 3. The Kier molecular flexibility index (Phi) is 5.55. The van der Waals surface area contributed by atoms with Gasteiger partial charge in [0.05, 0.1) is 5.69 Å². The van der Waals surface area contributed by atoms with Gasteiger partial charge < -0.3 is 10.2 Å². The molecular formula is C19H28N4O2S. The van der Waals surface area contributed by atoms with E-state index < -0.39 is 0 Å². The molecule has 1 aliphatic carbocycles. The molecule has 3 heterocycles. The maximum absolute atomic E-state index is 12.5. The average Bonchev–Trinajstić information content (AvgIpc) is 3.44. The molecule has 1 aromatic rings. The molecule has 142 valence electrons. The van der Waals surface area contributed by atoms with Crippen molar-refractivity contribution in [1.82, 2.24) is 14.8 Å². The maximum Gasteiger partial charge on any atom is 0.229 e. The van der Waals surface area contributed by atoms with E-state index in [-0.39, 0.29) is 17.7 Å². The summed E-state index contributed by atoms with van der Waals surface area (Å²) in [6.07, 6.45) is 7.49. The largest absolute Gasteiger partial charge is 0.342 e. The molecule has 0 atom stereocenters. The number of hydrogen-bond donors (Lipinski definition) is 1. The third-order valence-corrected chi connectivity index (χ3v) is 6.53. The van der Waals surface area contributed by atoms with E-state index in [1.54, 1.807) is 0 Å². The van der Waals surface area contributed by atoms with Gasteiger partial charge in [-0.2, -0.15) is 0 Å². The smallest absolute Gasteiger partial charge is 0.229 e. The van der Waals surface area contributed by atoms with Crippen LogP contribution >= 0.6 is 11.3 Å². The summed E-state index contributed by atoms with van der Waals surface area (Å²) in [6.45, 7) is 4.61. The SMILES string of the molecule is O=C(Nc1nc(CN2CCCCC2)cs1)C1CCN(C(=O)C2CC2)CC1. The molecule has 3 aliphatic rings. The van der Waals surface area contributed by atoms with Crippen LogP contribution in [-0.2, 0) is 16.1 Å². The number of carbonyl (C=O) groups excluding carboxylic acids is 2.